The molecule has 0 fully saturated rings. The van der Waals surface area contributed by atoms with Crippen molar-refractivity contribution in [2.75, 3.05) is 11.1 Å². The van der Waals surface area contributed by atoms with E-state index in [4.69, 9.17) is 5.73 Å². The number of rotatable bonds is 3. The first kappa shape index (κ1) is 15.0. The van der Waals surface area contributed by atoms with Crippen LogP contribution in [-0.4, -0.2) is 10.8 Å². The zero-order chi connectivity index (χ0) is 15.6. The summed E-state index contributed by atoms with van der Waals surface area (Å²) >= 11 is 3.24. The fourth-order valence-corrected chi connectivity index (χ4v) is 2.15. The Morgan fingerprint density at radius 2 is 2.00 bits per heavy atom. The Hall–Kier alpha value is -2.41. The Morgan fingerprint density at radius 3 is 2.62 bits per heavy atom. The number of non-ortho nitro benzene ring substituents is 1. The summed E-state index contributed by atoms with van der Waals surface area (Å²) in [5.74, 6) is -0.423. The highest BCUT2D eigenvalue weighted by atomic mass is 79.9. The summed E-state index contributed by atoms with van der Waals surface area (Å²) < 4.78 is 0.548. The van der Waals surface area contributed by atoms with Gasteiger partial charge >= 0.3 is 0 Å². The molecule has 7 heteroatoms. The number of nitro benzene ring substituents is 1. The molecular formula is C14H12BrN3O3. The van der Waals surface area contributed by atoms with E-state index in [-0.39, 0.29) is 5.69 Å². The van der Waals surface area contributed by atoms with Crippen LogP contribution in [0, 0.1) is 17.0 Å². The van der Waals surface area contributed by atoms with Crippen molar-refractivity contribution in [2.24, 2.45) is 0 Å². The standard InChI is InChI=1S/C14H12BrN3O3/c1-8-2-4-10(12(16)6-8)14(19)17-13-7-9(18(20)21)3-5-11(13)15/h2-7H,16H2,1H3,(H,17,19). The fraction of sp³-hybridized carbons (Fsp3) is 0.0714. The summed E-state index contributed by atoms with van der Waals surface area (Å²) in [6, 6.07) is 9.22. The van der Waals surface area contributed by atoms with Gasteiger partial charge in [-0.25, -0.2) is 0 Å². The molecule has 21 heavy (non-hydrogen) atoms. The van der Waals surface area contributed by atoms with E-state index >= 15 is 0 Å². The van der Waals surface area contributed by atoms with E-state index in [0.717, 1.165) is 5.56 Å². The average Bonchev–Trinajstić information content (AvgIpc) is 2.40. The van der Waals surface area contributed by atoms with E-state index in [0.29, 0.717) is 21.4 Å². The molecule has 1 amide bonds. The number of nitrogens with one attached hydrogen (secondary N) is 1. The first-order valence-electron chi connectivity index (χ1n) is 6.00. The molecule has 108 valence electrons. The number of anilines is 2. The number of carbonyl (C=O) groups is 1. The van der Waals surface area contributed by atoms with E-state index in [1.165, 1.54) is 18.2 Å². The Kier molecular flexibility index (Phi) is 4.23. The molecule has 0 spiro atoms. The van der Waals surface area contributed by atoms with E-state index in [1.54, 1.807) is 18.2 Å². The van der Waals surface area contributed by atoms with Gasteiger partial charge in [-0.15, -0.1) is 0 Å². The second-order valence-electron chi connectivity index (χ2n) is 4.47. The molecular weight excluding hydrogens is 338 g/mol. The second kappa shape index (κ2) is 5.92. The molecule has 0 unspecified atom stereocenters. The van der Waals surface area contributed by atoms with Gasteiger partial charge in [0.05, 0.1) is 16.2 Å². The number of benzene rings is 2. The second-order valence-corrected chi connectivity index (χ2v) is 5.32. The highest BCUT2D eigenvalue weighted by Gasteiger charge is 2.14. The van der Waals surface area contributed by atoms with Gasteiger partial charge in [0.2, 0.25) is 0 Å². The van der Waals surface area contributed by atoms with E-state index in [1.807, 2.05) is 6.92 Å². The van der Waals surface area contributed by atoms with Crippen LogP contribution in [-0.2, 0) is 0 Å². The lowest BCUT2D eigenvalue weighted by atomic mass is 10.1. The van der Waals surface area contributed by atoms with Gasteiger partial charge in [0.15, 0.2) is 0 Å². The zero-order valence-corrected chi connectivity index (χ0v) is 12.7. The molecule has 0 saturated heterocycles. The topological polar surface area (TPSA) is 98.3 Å². The number of hydrogen-bond donors (Lipinski definition) is 2. The van der Waals surface area contributed by atoms with Crippen LogP contribution in [0.4, 0.5) is 17.1 Å². The third-order valence-corrected chi connectivity index (χ3v) is 3.55. The van der Waals surface area contributed by atoms with Crippen LogP contribution in [0.15, 0.2) is 40.9 Å². The molecule has 0 saturated carbocycles. The van der Waals surface area contributed by atoms with Crippen LogP contribution in [0.25, 0.3) is 0 Å². The summed E-state index contributed by atoms with van der Waals surface area (Å²) in [4.78, 5) is 22.4. The molecule has 0 radical (unpaired) electrons. The lowest BCUT2D eigenvalue weighted by Crippen LogP contribution is -2.14. The molecule has 0 aliphatic rings. The molecule has 3 N–H and O–H groups in total. The van der Waals surface area contributed by atoms with E-state index < -0.39 is 10.8 Å². The van der Waals surface area contributed by atoms with Crippen LogP contribution < -0.4 is 11.1 Å². The van der Waals surface area contributed by atoms with Crippen LogP contribution in [0.2, 0.25) is 0 Å². The minimum atomic E-state index is -0.525. The average molecular weight is 350 g/mol. The number of amides is 1. The SMILES string of the molecule is Cc1ccc(C(=O)Nc2cc([N+](=O)[O-])ccc2Br)c(N)c1. The number of halogens is 1. The van der Waals surface area contributed by atoms with Gasteiger partial charge in [-0.05, 0) is 46.6 Å². The van der Waals surface area contributed by atoms with Crippen molar-refractivity contribution in [3.63, 3.8) is 0 Å². The number of hydrogen-bond acceptors (Lipinski definition) is 4. The summed E-state index contributed by atoms with van der Waals surface area (Å²) in [5, 5.41) is 13.4. The molecule has 0 aliphatic heterocycles. The normalized spacial score (nSPS) is 10.2. The van der Waals surface area contributed by atoms with Crippen molar-refractivity contribution in [2.45, 2.75) is 6.92 Å². The Morgan fingerprint density at radius 1 is 1.29 bits per heavy atom. The van der Waals surface area contributed by atoms with Gasteiger partial charge in [-0.2, -0.15) is 0 Å². The quantitative estimate of drug-likeness (QED) is 0.503. The highest BCUT2D eigenvalue weighted by molar-refractivity contribution is 9.10. The zero-order valence-electron chi connectivity index (χ0n) is 11.1. The number of aryl methyl sites for hydroxylation is 1. The van der Waals surface area contributed by atoms with Crippen molar-refractivity contribution in [3.05, 3.63) is 62.1 Å². The maximum absolute atomic E-state index is 12.2. The van der Waals surface area contributed by atoms with Crippen LogP contribution >= 0.6 is 15.9 Å². The number of carbonyl (C=O) groups excluding carboxylic acids is 1. The minimum absolute atomic E-state index is 0.106. The van der Waals surface area contributed by atoms with Gasteiger partial charge in [0.25, 0.3) is 11.6 Å². The largest absolute Gasteiger partial charge is 0.398 e. The van der Waals surface area contributed by atoms with Crippen LogP contribution in [0.1, 0.15) is 15.9 Å². The van der Waals surface area contributed by atoms with Gasteiger partial charge in [0, 0.05) is 22.3 Å². The van der Waals surface area contributed by atoms with Crippen LogP contribution in [0.5, 0.6) is 0 Å². The Balaban J connectivity index is 2.31. The number of nitrogen functional groups attached to an aromatic ring is 1. The minimum Gasteiger partial charge on any atom is -0.398 e. The van der Waals surface area contributed by atoms with Gasteiger partial charge in [-0.3, -0.25) is 14.9 Å². The predicted octanol–water partition coefficient (Wildman–Crippen LogP) is 3.50. The lowest BCUT2D eigenvalue weighted by molar-refractivity contribution is -0.384. The van der Waals surface area contributed by atoms with Gasteiger partial charge in [0.1, 0.15) is 0 Å². The van der Waals surface area contributed by atoms with E-state index in [2.05, 4.69) is 21.2 Å². The highest BCUT2D eigenvalue weighted by Crippen LogP contribution is 2.28. The maximum Gasteiger partial charge on any atom is 0.271 e. The summed E-state index contributed by atoms with van der Waals surface area (Å²) in [6.07, 6.45) is 0. The fourth-order valence-electron chi connectivity index (χ4n) is 1.80. The first-order chi connectivity index (χ1) is 9.88. The maximum atomic E-state index is 12.2. The van der Waals surface area contributed by atoms with E-state index in [9.17, 15) is 14.9 Å². The predicted molar refractivity (Wildman–Crippen MR) is 84.3 cm³/mol. The molecule has 2 rings (SSSR count). The first-order valence-corrected chi connectivity index (χ1v) is 6.79. The lowest BCUT2D eigenvalue weighted by Gasteiger charge is -2.09. The molecule has 2 aromatic carbocycles. The number of nitro groups is 1. The van der Waals surface area contributed by atoms with Gasteiger partial charge < -0.3 is 11.1 Å². The Bertz CT molecular complexity index is 731. The smallest absolute Gasteiger partial charge is 0.271 e. The molecule has 0 bridgehead atoms. The summed E-state index contributed by atoms with van der Waals surface area (Å²) in [5.41, 5.74) is 7.64. The third kappa shape index (κ3) is 3.38. The molecule has 2 aromatic rings. The van der Waals surface area contributed by atoms with Crippen molar-refractivity contribution < 1.29 is 9.72 Å². The van der Waals surface area contributed by atoms with Crippen molar-refractivity contribution in [1.82, 2.24) is 0 Å². The van der Waals surface area contributed by atoms with Crippen LogP contribution in [0.3, 0.4) is 0 Å². The summed E-state index contributed by atoms with van der Waals surface area (Å²) in [6.45, 7) is 1.87. The third-order valence-electron chi connectivity index (χ3n) is 2.86. The molecule has 0 heterocycles. The molecule has 6 nitrogen and oxygen atoms in total. The molecule has 0 aromatic heterocycles. The van der Waals surface area contributed by atoms with Crippen molar-refractivity contribution in [1.29, 1.82) is 0 Å². The van der Waals surface area contributed by atoms with Crippen molar-refractivity contribution in [3.8, 4) is 0 Å². The number of nitrogens with zero attached hydrogens (tertiary/aromatic N) is 1. The van der Waals surface area contributed by atoms with Gasteiger partial charge in [-0.1, -0.05) is 6.07 Å². The summed E-state index contributed by atoms with van der Waals surface area (Å²) in [7, 11) is 0. The number of nitrogens with two attached hydrogens (primary N) is 1. The Labute approximate surface area is 129 Å². The molecule has 0 aliphatic carbocycles. The molecule has 0 atom stereocenters. The van der Waals surface area contributed by atoms with Crippen molar-refractivity contribution >= 4 is 38.9 Å². The monoisotopic (exact) mass is 349 g/mol.